The number of hydrogen-bond acceptors (Lipinski definition) is 2. The summed E-state index contributed by atoms with van der Waals surface area (Å²) in [4.78, 5) is 0. The summed E-state index contributed by atoms with van der Waals surface area (Å²) in [5.41, 5.74) is 2.36. The van der Waals surface area contributed by atoms with Crippen molar-refractivity contribution in [2.45, 2.75) is 11.8 Å². The van der Waals surface area contributed by atoms with Crippen molar-refractivity contribution in [1.29, 1.82) is 0 Å². The molecule has 1 aromatic carbocycles. The first-order valence-corrected chi connectivity index (χ1v) is 4.62. The van der Waals surface area contributed by atoms with Crippen molar-refractivity contribution in [2.24, 2.45) is 0 Å². The maximum atomic E-state index is 12.6. The summed E-state index contributed by atoms with van der Waals surface area (Å²) in [6, 6.07) is 6.09. The van der Waals surface area contributed by atoms with E-state index in [9.17, 15) is 13.2 Å². The van der Waals surface area contributed by atoms with Crippen LogP contribution in [0, 0.1) is 0 Å². The highest BCUT2D eigenvalue weighted by Crippen LogP contribution is 2.42. The van der Waals surface area contributed by atoms with Gasteiger partial charge in [-0.25, -0.2) is 10.9 Å². The van der Waals surface area contributed by atoms with E-state index in [-0.39, 0.29) is 5.56 Å². The molecule has 0 saturated carbocycles. The van der Waals surface area contributed by atoms with Gasteiger partial charge in [0.1, 0.15) is 0 Å². The molecule has 1 fully saturated rings. The monoisotopic (exact) mass is 266 g/mol. The first-order chi connectivity index (χ1) is 6.46. The summed E-state index contributed by atoms with van der Waals surface area (Å²) in [7, 11) is 0. The second kappa shape index (κ2) is 2.95. The molecule has 0 atom stereocenters. The number of benzene rings is 1. The van der Waals surface area contributed by atoms with Crippen LogP contribution >= 0.6 is 15.9 Å². The number of hydrogen-bond donors (Lipinski definition) is 2. The topological polar surface area (TPSA) is 43.9 Å². The fraction of sp³-hybridized carbons (Fsp3) is 0.250. The largest absolute Gasteiger partial charge is 0.426 e. The van der Waals surface area contributed by atoms with Gasteiger partial charge in [-0.3, -0.25) is 0 Å². The van der Waals surface area contributed by atoms with E-state index in [1.165, 1.54) is 12.1 Å². The summed E-state index contributed by atoms with van der Waals surface area (Å²) in [6.45, 7) is 0. The first-order valence-electron chi connectivity index (χ1n) is 3.83. The van der Waals surface area contributed by atoms with E-state index in [0.717, 1.165) is 0 Å². The smallest absolute Gasteiger partial charge is 0.223 e. The Morgan fingerprint density at radius 2 is 1.86 bits per heavy atom. The average Bonchev–Trinajstić information content (AvgIpc) is 2.82. The Morgan fingerprint density at radius 1 is 1.21 bits per heavy atom. The summed E-state index contributed by atoms with van der Waals surface area (Å²) >= 11 is 3.13. The van der Waals surface area contributed by atoms with Crippen LogP contribution in [0.25, 0.3) is 0 Å². The van der Waals surface area contributed by atoms with Gasteiger partial charge >= 0.3 is 6.18 Å². The molecule has 1 aliphatic rings. The summed E-state index contributed by atoms with van der Waals surface area (Å²) < 4.78 is 38.3. The van der Waals surface area contributed by atoms with Gasteiger partial charge in [-0.05, 0) is 17.7 Å². The number of halogens is 4. The van der Waals surface area contributed by atoms with E-state index in [2.05, 4.69) is 26.8 Å². The lowest BCUT2D eigenvalue weighted by atomic mass is 10.0. The van der Waals surface area contributed by atoms with Crippen LogP contribution in [0.3, 0.4) is 0 Å². The van der Waals surface area contributed by atoms with Gasteiger partial charge in [0, 0.05) is 4.47 Å². The fourth-order valence-electron chi connectivity index (χ4n) is 1.23. The van der Waals surface area contributed by atoms with Gasteiger partial charge in [0.2, 0.25) is 5.66 Å². The predicted octanol–water partition coefficient (Wildman–Crippen LogP) is 2.27. The molecule has 0 aliphatic carbocycles. The average molecular weight is 267 g/mol. The van der Waals surface area contributed by atoms with Crippen molar-refractivity contribution in [2.75, 3.05) is 0 Å². The van der Waals surface area contributed by atoms with Crippen LogP contribution in [0.5, 0.6) is 0 Å². The van der Waals surface area contributed by atoms with Crippen molar-refractivity contribution in [1.82, 2.24) is 10.9 Å². The highest BCUT2D eigenvalue weighted by molar-refractivity contribution is 9.10. The van der Waals surface area contributed by atoms with E-state index in [0.29, 0.717) is 4.47 Å². The summed E-state index contributed by atoms with van der Waals surface area (Å²) in [5.74, 6) is 0. The van der Waals surface area contributed by atoms with Crippen LogP contribution in [0.15, 0.2) is 28.7 Å². The molecule has 0 bridgehead atoms. The molecule has 6 heteroatoms. The van der Waals surface area contributed by atoms with Crippen molar-refractivity contribution in [3.8, 4) is 0 Å². The lowest BCUT2D eigenvalue weighted by Gasteiger charge is -2.16. The Hall–Kier alpha value is -0.590. The Balaban J connectivity index is 2.41. The predicted molar refractivity (Wildman–Crippen MR) is 48.1 cm³/mol. The second-order valence-electron chi connectivity index (χ2n) is 3.01. The van der Waals surface area contributed by atoms with Crippen molar-refractivity contribution >= 4 is 15.9 Å². The molecule has 2 nitrogen and oxygen atoms in total. The molecule has 2 N–H and O–H groups in total. The maximum absolute atomic E-state index is 12.6. The molecule has 0 unspecified atom stereocenters. The lowest BCUT2D eigenvalue weighted by Crippen LogP contribution is -2.34. The van der Waals surface area contributed by atoms with Crippen LogP contribution < -0.4 is 10.9 Å². The highest BCUT2D eigenvalue weighted by atomic mass is 79.9. The Morgan fingerprint density at radius 3 is 2.29 bits per heavy atom. The quantitative estimate of drug-likeness (QED) is 0.766. The van der Waals surface area contributed by atoms with E-state index < -0.39 is 11.8 Å². The van der Waals surface area contributed by atoms with Crippen LogP contribution in [0.2, 0.25) is 0 Å². The third-order valence-corrected chi connectivity index (χ3v) is 2.55. The van der Waals surface area contributed by atoms with Gasteiger partial charge < -0.3 is 0 Å². The van der Waals surface area contributed by atoms with Gasteiger partial charge in [0.05, 0.1) is 0 Å². The minimum Gasteiger partial charge on any atom is -0.223 e. The number of hydrazine groups is 1. The Bertz CT molecular complexity index is 360. The summed E-state index contributed by atoms with van der Waals surface area (Å²) in [6.07, 6.45) is -4.34. The molecule has 0 spiro atoms. The van der Waals surface area contributed by atoms with Crippen molar-refractivity contribution < 1.29 is 13.2 Å². The van der Waals surface area contributed by atoms with E-state index in [1.807, 2.05) is 0 Å². The minimum absolute atomic E-state index is 0.152. The van der Waals surface area contributed by atoms with E-state index in [1.54, 1.807) is 12.1 Å². The third kappa shape index (κ3) is 1.43. The van der Waals surface area contributed by atoms with Crippen molar-refractivity contribution in [3.63, 3.8) is 0 Å². The molecule has 2 rings (SSSR count). The normalized spacial score (nSPS) is 19.4. The zero-order valence-corrected chi connectivity index (χ0v) is 8.41. The van der Waals surface area contributed by atoms with Crippen molar-refractivity contribution in [3.05, 3.63) is 34.3 Å². The van der Waals surface area contributed by atoms with Gasteiger partial charge in [-0.1, -0.05) is 28.1 Å². The highest BCUT2D eigenvalue weighted by Gasteiger charge is 2.65. The summed E-state index contributed by atoms with van der Waals surface area (Å²) in [5, 5.41) is 0. The zero-order valence-electron chi connectivity index (χ0n) is 6.82. The Kier molecular flexibility index (Phi) is 2.09. The lowest BCUT2D eigenvalue weighted by molar-refractivity contribution is -0.165. The number of rotatable bonds is 1. The molecule has 1 saturated heterocycles. The standard InChI is InChI=1S/C8H6BrF3N2/c9-6-3-1-2-5(4-6)7(13-14-7)8(10,11)12/h1-4,13-14H. The molecule has 1 aliphatic heterocycles. The second-order valence-corrected chi connectivity index (χ2v) is 3.92. The Labute approximate surface area is 86.6 Å². The van der Waals surface area contributed by atoms with Crippen LogP contribution in [0.4, 0.5) is 13.2 Å². The molecular formula is C8H6BrF3N2. The van der Waals surface area contributed by atoms with Gasteiger partial charge in [-0.2, -0.15) is 13.2 Å². The first kappa shape index (κ1) is 9.95. The third-order valence-electron chi connectivity index (χ3n) is 2.06. The maximum Gasteiger partial charge on any atom is 0.426 e. The molecule has 0 radical (unpaired) electrons. The molecule has 14 heavy (non-hydrogen) atoms. The van der Waals surface area contributed by atoms with Crippen LogP contribution in [0.1, 0.15) is 5.56 Å². The van der Waals surface area contributed by atoms with Crippen LogP contribution in [-0.2, 0) is 5.66 Å². The molecule has 76 valence electrons. The van der Waals surface area contributed by atoms with E-state index in [4.69, 9.17) is 0 Å². The van der Waals surface area contributed by atoms with E-state index >= 15 is 0 Å². The van der Waals surface area contributed by atoms with Crippen LogP contribution in [-0.4, -0.2) is 6.18 Å². The fourth-order valence-corrected chi connectivity index (χ4v) is 1.63. The van der Waals surface area contributed by atoms with Gasteiger partial charge in [-0.15, -0.1) is 0 Å². The minimum atomic E-state index is -4.34. The van der Waals surface area contributed by atoms with Gasteiger partial charge in [0.25, 0.3) is 0 Å². The molecule has 0 amide bonds. The molecule has 0 aromatic heterocycles. The molecule has 1 aromatic rings. The molecule has 1 heterocycles. The number of nitrogens with one attached hydrogen (secondary N) is 2. The zero-order chi connectivity index (χ0) is 10.4. The van der Waals surface area contributed by atoms with Gasteiger partial charge in [0.15, 0.2) is 0 Å². The number of alkyl halides is 3. The SMILES string of the molecule is FC(F)(F)C1(c2cccc(Br)c2)NN1. The molecular weight excluding hydrogens is 261 g/mol.